The fourth-order valence-corrected chi connectivity index (χ4v) is 1.36. The molecular formula is C14H18N2O2. The van der Waals surface area contributed by atoms with Crippen LogP contribution in [-0.4, -0.2) is 11.5 Å². The van der Waals surface area contributed by atoms with E-state index in [1.165, 1.54) is 0 Å². The second kappa shape index (κ2) is 6.06. The third kappa shape index (κ3) is 5.35. The van der Waals surface area contributed by atoms with Gasteiger partial charge in [-0.3, -0.25) is 4.79 Å². The molecule has 1 aromatic rings. The molecule has 0 bridgehead atoms. The fourth-order valence-electron chi connectivity index (χ4n) is 1.36. The summed E-state index contributed by atoms with van der Waals surface area (Å²) in [7, 11) is 0. The van der Waals surface area contributed by atoms with Crippen LogP contribution in [0.4, 0.5) is 0 Å². The molecule has 96 valence electrons. The van der Waals surface area contributed by atoms with Crippen LogP contribution in [-0.2, 0) is 11.3 Å². The Morgan fingerprint density at radius 3 is 2.44 bits per heavy atom. The van der Waals surface area contributed by atoms with Crippen molar-refractivity contribution in [1.29, 1.82) is 5.26 Å². The third-order valence-electron chi connectivity index (χ3n) is 2.08. The summed E-state index contributed by atoms with van der Waals surface area (Å²) >= 11 is 0. The summed E-state index contributed by atoms with van der Waals surface area (Å²) in [5.74, 6) is 0.544. The van der Waals surface area contributed by atoms with Crippen molar-refractivity contribution in [1.82, 2.24) is 5.32 Å². The zero-order chi connectivity index (χ0) is 13.6. The largest absolute Gasteiger partial charge is 0.488 e. The van der Waals surface area contributed by atoms with Crippen LogP contribution in [0.5, 0.6) is 5.75 Å². The first-order chi connectivity index (χ1) is 8.40. The number of carbonyl (C=O) groups is 1. The van der Waals surface area contributed by atoms with Gasteiger partial charge in [-0.1, -0.05) is 12.1 Å². The van der Waals surface area contributed by atoms with Crippen LogP contribution in [0.3, 0.4) is 0 Å². The van der Waals surface area contributed by atoms with Gasteiger partial charge in [0.05, 0.1) is 6.07 Å². The van der Waals surface area contributed by atoms with Gasteiger partial charge in [0.15, 0.2) is 0 Å². The molecule has 0 saturated heterocycles. The lowest BCUT2D eigenvalue weighted by molar-refractivity contribution is -0.120. The molecule has 0 atom stereocenters. The number of nitrogens with zero attached hydrogens (tertiary/aromatic N) is 1. The van der Waals surface area contributed by atoms with Gasteiger partial charge in [0.1, 0.15) is 17.8 Å². The molecule has 0 radical (unpaired) electrons. The molecule has 0 saturated carbocycles. The molecule has 1 N–H and O–H groups in total. The number of ether oxygens (including phenoxy) is 1. The van der Waals surface area contributed by atoms with Crippen molar-refractivity contribution < 1.29 is 9.53 Å². The first-order valence-electron chi connectivity index (χ1n) is 5.82. The summed E-state index contributed by atoms with van der Waals surface area (Å²) in [6.45, 7) is 6.39. The van der Waals surface area contributed by atoms with Crippen LogP contribution in [0.25, 0.3) is 0 Å². The van der Waals surface area contributed by atoms with Gasteiger partial charge >= 0.3 is 0 Å². The molecule has 0 aliphatic rings. The number of carbonyl (C=O) groups excluding carboxylic acids is 1. The minimum absolute atomic E-state index is 0.106. The number of rotatable bonds is 4. The minimum atomic E-state index is -0.257. The topological polar surface area (TPSA) is 62.1 Å². The van der Waals surface area contributed by atoms with E-state index in [0.717, 1.165) is 11.3 Å². The standard InChI is InChI=1S/C14H18N2O2/c1-14(2,3)18-12-6-4-11(5-7-12)10-16-13(17)8-9-15/h4-7H,8,10H2,1-3H3,(H,16,17). The Morgan fingerprint density at radius 1 is 1.33 bits per heavy atom. The van der Waals surface area contributed by atoms with Gasteiger partial charge < -0.3 is 10.1 Å². The molecule has 0 heterocycles. The number of nitriles is 1. The normalized spacial score (nSPS) is 10.6. The number of nitrogens with one attached hydrogen (secondary N) is 1. The first kappa shape index (κ1) is 14.0. The Hall–Kier alpha value is -2.02. The maximum Gasteiger partial charge on any atom is 0.234 e. The highest BCUT2D eigenvalue weighted by atomic mass is 16.5. The number of amides is 1. The van der Waals surface area contributed by atoms with Gasteiger partial charge in [0.25, 0.3) is 0 Å². The second-order valence-corrected chi connectivity index (χ2v) is 4.97. The molecule has 1 aromatic carbocycles. The smallest absolute Gasteiger partial charge is 0.234 e. The van der Waals surface area contributed by atoms with E-state index in [4.69, 9.17) is 10.00 Å². The van der Waals surface area contributed by atoms with Crippen molar-refractivity contribution in [2.45, 2.75) is 39.3 Å². The molecule has 0 aliphatic carbocycles. The van der Waals surface area contributed by atoms with Crippen LogP contribution in [0.2, 0.25) is 0 Å². The van der Waals surface area contributed by atoms with Gasteiger partial charge in [0.2, 0.25) is 5.91 Å². The Balaban J connectivity index is 2.51. The molecule has 4 nitrogen and oxygen atoms in total. The highest BCUT2D eigenvalue weighted by molar-refractivity contribution is 5.77. The van der Waals surface area contributed by atoms with Crippen molar-refractivity contribution in [3.05, 3.63) is 29.8 Å². The lowest BCUT2D eigenvalue weighted by Crippen LogP contribution is -2.23. The van der Waals surface area contributed by atoms with Gasteiger partial charge in [-0.2, -0.15) is 5.26 Å². The van der Waals surface area contributed by atoms with E-state index in [9.17, 15) is 4.79 Å². The first-order valence-corrected chi connectivity index (χ1v) is 5.82. The average molecular weight is 246 g/mol. The van der Waals surface area contributed by atoms with E-state index < -0.39 is 0 Å². The molecule has 1 rings (SSSR count). The fraction of sp³-hybridized carbons (Fsp3) is 0.429. The summed E-state index contributed by atoms with van der Waals surface area (Å²) in [5.41, 5.74) is 0.755. The average Bonchev–Trinajstić information content (AvgIpc) is 2.26. The van der Waals surface area contributed by atoms with E-state index in [2.05, 4.69) is 5.32 Å². The maximum atomic E-state index is 11.1. The van der Waals surface area contributed by atoms with E-state index in [1.54, 1.807) is 6.07 Å². The predicted molar refractivity (Wildman–Crippen MR) is 68.9 cm³/mol. The molecule has 1 amide bonds. The monoisotopic (exact) mass is 246 g/mol. The molecular weight excluding hydrogens is 228 g/mol. The Bertz CT molecular complexity index is 438. The highest BCUT2D eigenvalue weighted by Gasteiger charge is 2.11. The Morgan fingerprint density at radius 2 is 1.94 bits per heavy atom. The van der Waals surface area contributed by atoms with Crippen LogP contribution < -0.4 is 10.1 Å². The van der Waals surface area contributed by atoms with Crippen LogP contribution in [0.1, 0.15) is 32.8 Å². The predicted octanol–water partition coefficient (Wildman–Crippen LogP) is 2.39. The number of benzene rings is 1. The van der Waals surface area contributed by atoms with Crippen molar-refractivity contribution >= 4 is 5.91 Å². The summed E-state index contributed by atoms with van der Waals surface area (Å²) < 4.78 is 5.69. The molecule has 4 heteroatoms. The lowest BCUT2D eigenvalue weighted by Gasteiger charge is -2.21. The number of hydrogen-bond donors (Lipinski definition) is 1. The van der Waals surface area contributed by atoms with E-state index >= 15 is 0 Å². The minimum Gasteiger partial charge on any atom is -0.488 e. The van der Waals surface area contributed by atoms with E-state index in [-0.39, 0.29) is 17.9 Å². The van der Waals surface area contributed by atoms with Crippen LogP contribution in [0, 0.1) is 11.3 Å². The SMILES string of the molecule is CC(C)(C)Oc1ccc(CNC(=O)CC#N)cc1. The molecule has 0 fully saturated rings. The molecule has 0 unspecified atom stereocenters. The van der Waals surface area contributed by atoms with Crippen molar-refractivity contribution in [2.24, 2.45) is 0 Å². The summed E-state index contributed by atoms with van der Waals surface area (Å²) in [6, 6.07) is 9.34. The molecule has 0 aromatic heterocycles. The Kier molecular flexibility index (Phi) is 4.73. The number of hydrogen-bond acceptors (Lipinski definition) is 3. The molecule has 18 heavy (non-hydrogen) atoms. The van der Waals surface area contributed by atoms with Gasteiger partial charge in [-0.15, -0.1) is 0 Å². The quantitative estimate of drug-likeness (QED) is 0.887. The summed E-state index contributed by atoms with van der Waals surface area (Å²) in [5, 5.41) is 11.0. The Labute approximate surface area is 108 Å². The second-order valence-electron chi connectivity index (χ2n) is 4.97. The van der Waals surface area contributed by atoms with Crippen molar-refractivity contribution in [3.8, 4) is 11.8 Å². The van der Waals surface area contributed by atoms with E-state index in [1.807, 2.05) is 45.0 Å². The molecule has 0 aliphatic heterocycles. The zero-order valence-corrected chi connectivity index (χ0v) is 11.0. The van der Waals surface area contributed by atoms with Crippen molar-refractivity contribution in [3.63, 3.8) is 0 Å². The summed E-state index contributed by atoms with van der Waals surface area (Å²) in [6.07, 6.45) is -0.106. The third-order valence-corrected chi connectivity index (χ3v) is 2.08. The van der Waals surface area contributed by atoms with Crippen LogP contribution in [0.15, 0.2) is 24.3 Å². The lowest BCUT2D eigenvalue weighted by atomic mass is 10.1. The zero-order valence-electron chi connectivity index (χ0n) is 11.0. The summed E-state index contributed by atoms with van der Waals surface area (Å²) in [4.78, 5) is 11.1. The maximum absolute atomic E-state index is 11.1. The van der Waals surface area contributed by atoms with Gasteiger partial charge in [-0.25, -0.2) is 0 Å². The van der Waals surface area contributed by atoms with Crippen LogP contribution >= 0.6 is 0 Å². The van der Waals surface area contributed by atoms with Gasteiger partial charge in [0, 0.05) is 6.54 Å². The van der Waals surface area contributed by atoms with E-state index in [0.29, 0.717) is 6.54 Å². The van der Waals surface area contributed by atoms with Gasteiger partial charge in [-0.05, 0) is 38.5 Å². The van der Waals surface area contributed by atoms with Crippen molar-refractivity contribution in [2.75, 3.05) is 0 Å². The highest BCUT2D eigenvalue weighted by Crippen LogP contribution is 2.18. The molecule has 0 spiro atoms.